The van der Waals surface area contributed by atoms with Crippen molar-refractivity contribution in [1.82, 2.24) is 0 Å². The molecular formula is C30H50O5. The highest BCUT2D eigenvalue weighted by Gasteiger charge is 2.50. The van der Waals surface area contributed by atoms with E-state index >= 15 is 0 Å². The van der Waals surface area contributed by atoms with E-state index in [1.807, 2.05) is 13.8 Å². The Hall–Kier alpha value is -0.980. The van der Waals surface area contributed by atoms with Gasteiger partial charge >= 0.3 is 0 Å². The molecule has 0 aromatic rings. The quantitative estimate of drug-likeness (QED) is 0.321. The summed E-state index contributed by atoms with van der Waals surface area (Å²) in [6.45, 7) is 13.2. The molecule has 0 unspecified atom stereocenters. The first-order valence-electron chi connectivity index (χ1n) is 13.9. The van der Waals surface area contributed by atoms with Crippen molar-refractivity contribution in [3.63, 3.8) is 0 Å². The molecule has 0 spiro atoms. The van der Waals surface area contributed by atoms with Crippen molar-refractivity contribution in [2.75, 3.05) is 13.2 Å². The first-order valence-corrected chi connectivity index (χ1v) is 13.9. The van der Waals surface area contributed by atoms with E-state index < -0.39 is 23.9 Å². The van der Waals surface area contributed by atoms with Crippen LogP contribution >= 0.6 is 0 Å². The first kappa shape index (κ1) is 28.6. The molecule has 3 fully saturated rings. The number of rotatable bonds is 10. The molecule has 4 N–H and O–H groups in total. The van der Waals surface area contributed by atoms with E-state index in [1.165, 1.54) is 37.7 Å². The molecule has 3 aliphatic rings. The van der Waals surface area contributed by atoms with E-state index in [9.17, 15) is 15.3 Å². The predicted molar refractivity (Wildman–Crippen MR) is 141 cm³/mol. The number of hydrogen-bond acceptors (Lipinski definition) is 5. The molecule has 3 rings (SSSR count). The first-order chi connectivity index (χ1) is 16.5. The van der Waals surface area contributed by atoms with Gasteiger partial charge in [-0.1, -0.05) is 51.0 Å². The van der Waals surface area contributed by atoms with Crippen LogP contribution in [-0.4, -0.2) is 57.6 Å². The van der Waals surface area contributed by atoms with Crippen LogP contribution in [0.1, 0.15) is 91.9 Å². The van der Waals surface area contributed by atoms with Gasteiger partial charge in [0.05, 0.1) is 11.7 Å². The largest absolute Gasteiger partial charge is 0.396 e. The monoisotopic (exact) mass is 490 g/mol. The smallest absolute Gasteiger partial charge is 0.114 e. The molecule has 7 atom stereocenters. The molecule has 0 aliphatic heterocycles. The van der Waals surface area contributed by atoms with Gasteiger partial charge in [-0.25, -0.2) is 0 Å². The van der Waals surface area contributed by atoms with Gasteiger partial charge in [-0.05, 0) is 93.1 Å². The molecule has 0 aromatic heterocycles. The molecule has 0 aromatic carbocycles. The van der Waals surface area contributed by atoms with Gasteiger partial charge in [-0.3, -0.25) is 0 Å². The lowest BCUT2D eigenvalue weighted by Gasteiger charge is -2.44. The van der Waals surface area contributed by atoms with E-state index in [0.717, 1.165) is 30.8 Å². The Balaban J connectivity index is 1.67. The van der Waals surface area contributed by atoms with Gasteiger partial charge in [-0.2, -0.15) is 0 Å². The third-order valence-corrected chi connectivity index (χ3v) is 9.17. The number of allylic oxidation sites excluding steroid dienone is 3. The fraction of sp³-hybridized carbons (Fsp3) is 0.800. The van der Waals surface area contributed by atoms with Crippen LogP contribution in [0.25, 0.3) is 0 Å². The highest BCUT2D eigenvalue weighted by atomic mass is 16.5. The Morgan fingerprint density at radius 3 is 2.63 bits per heavy atom. The van der Waals surface area contributed by atoms with Crippen molar-refractivity contribution in [3.05, 3.63) is 35.5 Å². The Kier molecular flexibility index (Phi) is 9.84. The highest BCUT2D eigenvalue weighted by Crippen LogP contribution is 2.60. The van der Waals surface area contributed by atoms with Crippen LogP contribution in [0.5, 0.6) is 0 Å². The lowest BCUT2D eigenvalue weighted by atomic mass is 9.60. The fourth-order valence-electron chi connectivity index (χ4n) is 7.21. The lowest BCUT2D eigenvalue weighted by Crippen LogP contribution is -2.45. The Morgan fingerprint density at radius 1 is 1.20 bits per heavy atom. The zero-order chi connectivity index (χ0) is 25.8. The van der Waals surface area contributed by atoms with Crippen LogP contribution in [0.4, 0.5) is 0 Å². The average Bonchev–Trinajstić information content (AvgIpc) is 3.14. The molecule has 0 radical (unpaired) electrons. The second kappa shape index (κ2) is 12.0. The summed E-state index contributed by atoms with van der Waals surface area (Å²) in [4.78, 5) is 0. The maximum absolute atomic E-state index is 10.7. The van der Waals surface area contributed by atoms with Crippen LogP contribution in [0.15, 0.2) is 35.5 Å². The van der Waals surface area contributed by atoms with Crippen LogP contribution in [-0.2, 0) is 4.74 Å². The maximum Gasteiger partial charge on any atom is 0.114 e. The van der Waals surface area contributed by atoms with Gasteiger partial charge in [-0.15, -0.1) is 0 Å². The second-order valence-corrected chi connectivity index (χ2v) is 12.4. The van der Waals surface area contributed by atoms with Gasteiger partial charge < -0.3 is 25.2 Å². The minimum atomic E-state index is -0.931. The zero-order valence-corrected chi connectivity index (χ0v) is 22.5. The fourth-order valence-corrected chi connectivity index (χ4v) is 7.21. The van der Waals surface area contributed by atoms with Gasteiger partial charge in [0.2, 0.25) is 0 Å². The van der Waals surface area contributed by atoms with Gasteiger partial charge in [0.25, 0.3) is 0 Å². The van der Waals surface area contributed by atoms with Crippen LogP contribution in [0.3, 0.4) is 0 Å². The molecule has 0 bridgehead atoms. The van der Waals surface area contributed by atoms with E-state index in [-0.39, 0.29) is 6.61 Å². The van der Waals surface area contributed by atoms with Crippen LogP contribution < -0.4 is 0 Å². The van der Waals surface area contributed by atoms with Gasteiger partial charge in [0, 0.05) is 19.6 Å². The lowest BCUT2D eigenvalue weighted by molar-refractivity contribution is -0.0968. The minimum absolute atomic E-state index is 0.0269. The topological polar surface area (TPSA) is 90.2 Å². The minimum Gasteiger partial charge on any atom is -0.396 e. The maximum atomic E-state index is 10.7. The van der Waals surface area contributed by atoms with Crippen LogP contribution in [0, 0.1) is 23.2 Å². The number of aliphatic hydroxyl groups excluding tert-OH is 3. The molecule has 35 heavy (non-hydrogen) atoms. The molecular weight excluding hydrogens is 440 g/mol. The normalized spacial score (nSPS) is 37.1. The Labute approximate surface area is 213 Å². The summed E-state index contributed by atoms with van der Waals surface area (Å²) >= 11 is 0. The van der Waals surface area contributed by atoms with Crippen molar-refractivity contribution >= 4 is 0 Å². The van der Waals surface area contributed by atoms with Crippen molar-refractivity contribution in [3.8, 4) is 0 Å². The van der Waals surface area contributed by atoms with Crippen molar-refractivity contribution in [2.45, 2.75) is 116 Å². The third kappa shape index (κ3) is 6.87. The summed E-state index contributed by atoms with van der Waals surface area (Å²) < 4.78 is 5.63. The van der Waals surface area contributed by atoms with Crippen molar-refractivity contribution < 1.29 is 25.2 Å². The van der Waals surface area contributed by atoms with E-state index in [4.69, 9.17) is 9.84 Å². The summed E-state index contributed by atoms with van der Waals surface area (Å²) in [5, 5.41) is 40.4. The molecule has 0 amide bonds. The van der Waals surface area contributed by atoms with E-state index in [0.29, 0.717) is 42.3 Å². The predicted octanol–water partition coefficient (Wildman–Crippen LogP) is 5.08. The SMILES string of the molecule is C=C1/C(=C\C=C2/CCC[C@]3(C)[C@@H]([C@H](C)CCCC(C)(C)O)CC[C@@H]23)C[C@H](O)[C@H](OCCCO)[C@@H]1O. The van der Waals surface area contributed by atoms with Crippen LogP contribution in [0.2, 0.25) is 0 Å². The molecule has 5 heteroatoms. The number of fused-ring (bicyclic) bond motifs is 1. The van der Waals surface area contributed by atoms with Crippen molar-refractivity contribution in [2.24, 2.45) is 23.2 Å². The number of hydrogen-bond donors (Lipinski definition) is 4. The average molecular weight is 491 g/mol. The summed E-state index contributed by atoms with van der Waals surface area (Å²) in [7, 11) is 0. The van der Waals surface area contributed by atoms with Gasteiger partial charge in [0.15, 0.2) is 0 Å². The van der Waals surface area contributed by atoms with Gasteiger partial charge in [0.1, 0.15) is 12.2 Å². The summed E-state index contributed by atoms with van der Waals surface area (Å²) in [6.07, 6.45) is 12.1. The number of aliphatic hydroxyl groups is 4. The molecule has 3 saturated carbocycles. The molecule has 0 saturated heterocycles. The third-order valence-electron chi connectivity index (χ3n) is 9.17. The summed E-state index contributed by atoms with van der Waals surface area (Å²) in [6, 6.07) is 0. The standard InChI is InChI=1S/C30H50O5/c1-20(9-6-15-29(3,4)34)24-13-14-25-22(10-7-16-30(24,25)5)11-12-23-19-26(32)28(27(33)21(23)2)35-18-8-17-31/h11-12,20,24-28,31-34H,2,6-10,13-19H2,1,3-5H3/b22-11+,23-12-/t20-,24-,25+,26+,27-,28+,30-/m1/s1. The van der Waals surface area contributed by atoms with Crippen molar-refractivity contribution in [1.29, 1.82) is 0 Å². The molecule has 200 valence electrons. The number of ether oxygens (including phenoxy) is 1. The summed E-state index contributed by atoms with van der Waals surface area (Å²) in [5.74, 6) is 1.98. The molecule has 0 heterocycles. The zero-order valence-electron chi connectivity index (χ0n) is 22.5. The Morgan fingerprint density at radius 2 is 1.94 bits per heavy atom. The molecule has 3 aliphatic carbocycles. The van der Waals surface area contributed by atoms with E-state index in [1.54, 1.807) is 0 Å². The Bertz CT molecular complexity index is 778. The summed E-state index contributed by atoms with van der Waals surface area (Å²) in [5.41, 5.74) is 2.79. The second-order valence-electron chi connectivity index (χ2n) is 12.4. The van der Waals surface area contributed by atoms with E-state index in [2.05, 4.69) is 32.6 Å². The molecule has 5 nitrogen and oxygen atoms in total. The highest BCUT2D eigenvalue weighted by molar-refractivity contribution is 5.40.